The topological polar surface area (TPSA) is 46.5 Å². The van der Waals surface area contributed by atoms with Crippen LogP contribution in [0.4, 0.5) is 0 Å². The van der Waals surface area contributed by atoms with E-state index in [-0.39, 0.29) is 6.10 Å². The summed E-state index contributed by atoms with van der Waals surface area (Å²) in [5.41, 5.74) is 0. The van der Waals surface area contributed by atoms with Gasteiger partial charge in [0, 0.05) is 12.8 Å². The molecule has 0 unspecified atom stereocenters. The molecule has 0 bridgehead atoms. The molecule has 0 aliphatic carbocycles. The molecule has 0 heterocycles. The Morgan fingerprint density at radius 1 is 1.16 bits per heavy atom. The van der Waals surface area contributed by atoms with Crippen LogP contribution >= 0.6 is 0 Å². The highest BCUT2D eigenvalue weighted by molar-refractivity contribution is 5.38. The number of carbonyl (C=O) groups is 1. The number of rotatable bonds is 14. The Morgan fingerprint density at radius 2 is 1.89 bits per heavy atom. The second kappa shape index (κ2) is 13.9. The van der Waals surface area contributed by atoms with Gasteiger partial charge in [-0.15, -0.1) is 0 Å². The lowest BCUT2D eigenvalue weighted by Gasteiger charge is -2.18. The monoisotopic (exact) mass is 269 g/mol. The summed E-state index contributed by atoms with van der Waals surface area (Å²) in [6.45, 7) is 4.75. The van der Waals surface area contributed by atoms with Gasteiger partial charge in [-0.05, 0) is 25.7 Å². The van der Waals surface area contributed by atoms with Crippen molar-refractivity contribution in [2.45, 2.75) is 77.4 Å². The number of hydrogen-bond donors (Lipinski definition) is 1. The summed E-state index contributed by atoms with van der Waals surface area (Å²) < 4.78 is 4.98. The van der Waals surface area contributed by atoms with E-state index in [2.05, 4.69) is 20.3 Å². The molecule has 0 saturated carbocycles. The first-order valence-corrected chi connectivity index (χ1v) is 7.51. The predicted octanol–water partition coefficient (Wildman–Crippen LogP) is 3.66. The van der Waals surface area contributed by atoms with Gasteiger partial charge < -0.3 is 9.84 Å². The lowest BCUT2D eigenvalue weighted by atomic mass is 10.0. The highest BCUT2D eigenvalue weighted by atomic mass is 16.5. The molecule has 0 aliphatic heterocycles. The Bertz CT molecular complexity index is 194. The highest BCUT2D eigenvalue weighted by Gasteiger charge is 2.15. The van der Waals surface area contributed by atoms with Crippen molar-refractivity contribution in [3.8, 4) is 0 Å². The van der Waals surface area contributed by atoms with Crippen LogP contribution in [0.5, 0.6) is 0 Å². The van der Waals surface area contributed by atoms with Crippen LogP contribution in [0.25, 0.3) is 0 Å². The first-order chi connectivity index (χ1) is 9.24. The number of carbonyl (C=O) groups excluding carboxylic acids is 1. The number of aliphatic hydroxyl groups excluding tert-OH is 1. The first-order valence-electron chi connectivity index (χ1n) is 7.51. The third kappa shape index (κ3) is 12.2. The van der Waals surface area contributed by atoms with Crippen LogP contribution in [-0.4, -0.2) is 23.8 Å². The maximum Gasteiger partial charge on any atom is 0.293 e. The van der Waals surface area contributed by atoms with Gasteiger partial charge in [0.2, 0.25) is 0 Å². The van der Waals surface area contributed by atoms with Crippen molar-refractivity contribution in [1.82, 2.24) is 0 Å². The minimum absolute atomic E-state index is 0.313. The van der Waals surface area contributed by atoms with E-state index < -0.39 is 6.10 Å². The Kier molecular flexibility index (Phi) is 13.4. The fraction of sp³-hybridized carbons (Fsp3) is 0.750. The molecule has 0 spiro atoms. The summed E-state index contributed by atoms with van der Waals surface area (Å²) in [6, 6.07) is 0. The largest absolute Gasteiger partial charge is 0.464 e. The van der Waals surface area contributed by atoms with E-state index in [1.54, 1.807) is 0 Å². The van der Waals surface area contributed by atoms with Gasteiger partial charge >= 0.3 is 0 Å². The fourth-order valence-corrected chi connectivity index (χ4v) is 1.89. The van der Waals surface area contributed by atoms with E-state index in [1.165, 1.54) is 12.8 Å². The quantitative estimate of drug-likeness (QED) is 0.386. The van der Waals surface area contributed by atoms with Crippen LogP contribution in [-0.2, 0) is 9.53 Å². The van der Waals surface area contributed by atoms with Crippen molar-refractivity contribution in [3.05, 3.63) is 19.3 Å². The Hall–Kier alpha value is -0.570. The highest BCUT2D eigenvalue weighted by Crippen LogP contribution is 2.14. The smallest absolute Gasteiger partial charge is 0.293 e. The van der Waals surface area contributed by atoms with Gasteiger partial charge in [-0.2, -0.15) is 0 Å². The number of hydrogen-bond acceptors (Lipinski definition) is 3. The zero-order valence-electron chi connectivity index (χ0n) is 12.4. The molecule has 19 heavy (non-hydrogen) atoms. The zero-order valence-corrected chi connectivity index (χ0v) is 12.4. The van der Waals surface area contributed by atoms with Crippen LogP contribution in [0.1, 0.15) is 65.2 Å². The van der Waals surface area contributed by atoms with Gasteiger partial charge in [0.05, 0.1) is 6.10 Å². The van der Waals surface area contributed by atoms with E-state index >= 15 is 0 Å². The van der Waals surface area contributed by atoms with E-state index in [0.717, 1.165) is 32.1 Å². The van der Waals surface area contributed by atoms with Crippen molar-refractivity contribution in [2.24, 2.45) is 0 Å². The van der Waals surface area contributed by atoms with Gasteiger partial charge in [0.15, 0.2) is 0 Å². The number of unbranched alkanes of at least 4 members (excludes halogenated alkanes) is 6. The van der Waals surface area contributed by atoms with Gasteiger partial charge in [0.25, 0.3) is 6.47 Å². The average Bonchev–Trinajstić information content (AvgIpc) is 2.39. The minimum atomic E-state index is -0.392. The molecule has 3 radical (unpaired) electrons. The normalized spacial score (nSPS) is 14.1. The molecule has 0 fully saturated rings. The van der Waals surface area contributed by atoms with E-state index in [4.69, 9.17) is 4.74 Å². The van der Waals surface area contributed by atoms with Crippen molar-refractivity contribution in [3.63, 3.8) is 0 Å². The van der Waals surface area contributed by atoms with E-state index in [1.807, 2.05) is 12.8 Å². The number of aliphatic hydroxyl groups is 1. The van der Waals surface area contributed by atoms with Crippen LogP contribution in [0.15, 0.2) is 0 Å². The molecule has 0 aromatic rings. The molecule has 2 atom stereocenters. The Balaban J connectivity index is 3.73. The summed E-state index contributed by atoms with van der Waals surface area (Å²) in [7, 11) is 0. The van der Waals surface area contributed by atoms with Crippen LogP contribution < -0.4 is 0 Å². The molecule has 111 valence electrons. The molecular weight excluding hydrogens is 240 g/mol. The van der Waals surface area contributed by atoms with Crippen LogP contribution in [0, 0.1) is 19.3 Å². The zero-order chi connectivity index (χ0) is 14.3. The summed E-state index contributed by atoms with van der Waals surface area (Å²) >= 11 is 0. The molecule has 0 rings (SSSR count). The third-order valence-electron chi connectivity index (χ3n) is 3.06. The molecule has 3 heteroatoms. The summed E-state index contributed by atoms with van der Waals surface area (Å²) in [4.78, 5) is 10.4. The molecule has 3 nitrogen and oxygen atoms in total. The Labute approximate surface area is 118 Å². The fourth-order valence-electron chi connectivity index (χ4n) is 1.89. The van der Waals surface area contributed by atoms with Gasteiger partial charge in [-0.3, -0.25) is 4.79 Å². The second-order valence-corrected chi connectivity index (χ2v) is 4.92. The molecule has 0 amide bonds. The number of ether oxygens (including phenoxy) is 1. The standard InChI is InChI=1S/C16H29O3/c1-3-5-7-8-10-12-16(19-14-17)13-15(18)11-9-6-4-2/h8,10,12,14-16,18H,3-7,9,11,13H2,1-2H3/t15-,16+/m0/s1. The summed E-state index contributed by atoms with van der Waals surface area (Å²) in [5.74, 6) is 0. The van der Waals surface area contributed by atoms with Gasteiger partial charge in [-0.1, -0.05) is 46.0 Å². The minimum Gasteiger partial charge on any atom is -0.464 e. The molecule has 0 aromatic carbocycles. The molecular formula is C16H29O3. The molecule has 1 N–H and O–H groups in total. The SMILES string of the molecule is CCCC[CH][CH][CH][C@H](C[C@@H](O)CCCCC)OC=O. The van der Waals surface area contributed by atoms with E-state index in [9.17, 15) is 9.90 Å². The second-order valence-electron chi connectivity index (χ2n) is 4.92. The van der Waals surface area contributed by atoms with Crippen molar-refractivity contribution in [2.75, 3.05) is 0 Å². The summed E-state index contributed by atoms with van der Waals surface area (Å²) in [5, 5.41) is 9.87. The molecule has 0 aliphatic rings. The van der Waals surface area contributed by atoms with Crippen molar-refractivity contribution in [1.29, 1.82) is 0 Å². The Morgan fingerprint density at radius 3 is 2.53 bits per heavy atom. The lowest BCUT2D eigenvalue weighted by Crippen LogP contribution is -2.21. The maximum atomic E-state index is 10.4. The molecule has 0 aromatic heterocycles. The lowest BCUT2D eigenvalue weighted by molar-refractivity contribution is -0.133. The first kappa shape index (κ1) is 18.4. The van der Waals surface area contributed by atoms with Crippen molar-refractivity contribution < 1.29 is 14.6 Å². The maximum absolute atomic E-state index is 10.4. The van der Waals surface area contributed by atoms with Crippen LogP contribution in [0.2, 0.25) is 0 Å². The van der Waals surface area contributed by atoms with Gasteiger partial charge in [0.1, 0.15) is 6.10 Å². The van der Waals surface area contributed by atoms with E-state index in [0.29, 0.717) is 12.9 Å². The summed E-state index contributed by atoms with van der Waals surface area (Å²) in [6.07, 6.45) is 13.1. The van der Waals surface area contributed by atoms with Crippen LogP contribution in [0.3, 0.4) is 0 Å². The predicted molar refractivity (Wildman–Crippen MR) is 78.1 cm³/mol. The van der Waals surface area contributed by atoms with Gasteiger partial charge in [-0.25, -0.2) is 0 Å². The van der Waals surface area contributed by atoms with Crippen molar-refractivity contribution >= 4 is 6.47 Å². The third-order valence-corrected chi connectivity index (χ3v) is 3.06. The average molecular weight is 269 g/mol. The molecule has 0 saturated heterocycles.